The molecule has 0 aromatic heterocycles. The normalized spacial score (nSPS) is 15.4. The molecule has 0 saturated carbocycles. The van der Waals surface area contributed by atoms with Gasteiger partial charge in [0.05, 0.1) is 5.38 Å². The molecule has 2 unspecified atom stereocenters. The summed E-state index contributed by atoms with van der Waals surface area (Å²) in [6.07, 6.45) is 0. The van der Waals surface area contributed by atoms with Gasteiger partial charge in [0.1, 0.15) is 11.6 Å². The number of hydrogen-bond donors (Lipinski definition) is 0. The summed E-state index contributed by atoms with van der Waals surface area (Å²) in [4.78, 5) is 0. The van der Waals surface area contributed by atoms with E-state index in [1.165, 1.54) is 12.1 Å². The van der Waals surface area contributed by atoms with E-state index in [0.717, 1.165) is 6.07 Å². The average Bonchev–Trinajstić information content (AvgIpc) is 2.15. The van der Waals surface area contributed by atoms with Gasteiger partial charge in [0.15, 0.2) is 0 Å². The second-order valence-electron chi connectivity index (χ2n) is 4.17. The number of rotatable bonds is 3. The summed E-state index contributed by atoms with van der Waals surface area (Å²) in [5.41, 5.74) is 0.374. The van der Waals surface area contributed by atoms with Gasteiger partial charge in [-0.05, 0) is 17.9 Å². The van der Waals surface area contributed by atoms with Gasteiger partial charge in [-0.1, -0.05) is 26.8 Å². The summed E-state index contributed by atoms with van der Waals surface area (Å²) in [6, 6.07) is 3.53. The van der Waals surface area contributed by atoms with Crippen molar-refractivity contribution in [2.75, 3.05) is 0 Å². The molecule has 0 aliphatic rings. The van der Waals surface area contributed by atoms with Gasteiger partial charge in [0, 0.05) is 11.6 Å². The molecule has 0 bridgehead atoms. The van der Waals surface area contributed by atoms with Gasteiger partial charge in [-0.3, -0.25) is 0 Å². The van der Waals surface area contributed by atoms with E-state index < -0.39 is 17.0 Å². The smallest absolute Gasteiger partial charge is 0.130 e. The molecule has 0 radical (unpaired) electrons. The first-order valence-corrected chi connectivity index (χ1v) is 5.46. The minimum absolute atomic E-state index is 0.145. The third kappa shape index (κ3) is 2.91. The molecule has 84 valence electrons. The zero-order chi connectivity index (χ0) is 11.6. The summed E-state index contributed by atoms with van der Waals surface area (Å²) in [5.74, 6) is -0.636. The Morgan fingerprint density at radius 3 is 2.20 bits per heavy atom. The second kappa shape index (κ2) is 4.93. The molecule has 0 aliphatic heterocycles. The lowest BCUT2D eigenvalue weighted by molar-refractivity contribution is 0.398. The van der Waals surface area contributed by atoms with Crippen LogP contribution in [0.1, 0.15) is 31.7 Å². The highest BCUT2D eigenvalue weighted by Crippen LogP contribution is 2.34. The van der Waals surface area contributed by atoms with Crippen molar-refractivity contribution in [2.24, 2.45) is 11.8 Å². The average molecular weight is 233 g/mol. The van der Waals surface area contributed by atoms with Crippen molar-refractivity contribution in [3.8, 4) is 0 Å². The van der Waals surface area contributed by atoms with Crippen molar-refractivity contribution < 1.29 is 8.78 Å². The number of benzene rings is 1. The highest BCUT2D eigenvalue weighted by atomic mass is 35.5. The van der Waals surface area contributed by atoms with Gasteiger partial charge in [-0.25, -0.2) is 8.78 Å². The van der Waals surface area contributed by atoms with Crippen molar-refractivity contribution in [3.05, 3.63) is 35.4 Å². The van der Waals surface area contributed by atoms with E-state index in [4.69, 9.17) is 11.6 Å². The van der Waals surface area contributed by atoms with Crippen LogP contribution in [-0.2, 0) is 0 Å². The molecule has 1 aromatic carbocycles. The standard InChI is InChI=1S/C12H15ClF2/c1-7(2)8(3)12(13)10-5-4-9(14)6-11(10)15/h4-8,12H,1-3H3. The maximum atomic E-state index is 13.4. The summed E-state index contributed by atoms with van der Waals surface area (Å²) >= 11 is 6.15. The van der Waals surface area contributed by atoms with Crippen LogP contribution in [0.15, 0.2) is 18.2 Å². The molecule has 0 saturated heterocycles. The van der Waals surface area contributed by atoms with E-state index in [0.29, 0.717) is 11.5 Å². The lowest BCUT2D eigenvalue weighted by Crippen LogP contribution is -2.12. The molecule has 1 aromatic rings. The quantitative estimate of drug-likeness (QED) is 0.672. The van der Waals surface area contributed by atoms with E-state index in [2.05, 4.69) is 0 Å². The molecule has 0 N–H and O–H groups in total. The van der Waals surface area contributed by atoms with E-state index in [1.807, 2.05) is 20.8 Å². The van der Waals surface area contributed by atoms with Gasteiger partial charge in [-0.2, -0.15) is 0 Å². The van der Waals surface area contributed by atoms with Crippen molar-refractivity contribution in [1.29, 1.82) is 0 Å². The minimum atomic E-state index is -0.572. The van der Waals surface area contributed by atoms with E-state index in [-0.39, 0.29) is 5.92 Å². The molecule has 0 amide bonds. The van der Waals surface area contributed by atoms with Gasteiger partial charge < -0.3 is 0 Å². The fourth-order valence-electron chi connectivity index (χ4n) is 1.35. The number of hydrogen-bond acceptors (Lipinski definition) is 0. The monoisotopic (exact) mass is 232 g/mol. The van der Waals surface area contributed by atoms with Crippen molar-refractivity contribution in [3.63, 3.8) is 0 Å². The third-order valence-electron chi connectivity index (χ3n) is 2.77. The zero-order valence-corrected chi connectivity index (χ0v) is 9.85. The van der Waals surface area contributed by atoms with E-state index >= 15 is 0 Å². The summed E-state index contributed by atoms with van der Waals surface area (Å²) < 4.78 is 26.1. The molecule has 1 rings (SSSR count). The first kappa shape index (κ1) is 12.4. The van der Waals surface area contributed by atoms with Crippen LogP contribution < -0.4 is 0 Å². The zero-order valence-electron chi connectivity index (χ0n) is 9.10. The first-order valence-electron chi connectivity index (χ1n) is 5.02. The molecule has 0 fully saturated rings. The summed E-state index contributed by atoms with van der Waals surface area (Å²) in [6.45, 7) is 6.02. The Kier molecular flexibility index (Phi) is 4.09. The Morgan fingerprint density at radius 1 is 1.13 bits per heavy atom. The Labute approximate surface area is 94.3 Å². The van der Waals surface area contributed by atoms with Gasteiger partial charge >= 0.3 is 0 Å². The predicted molar refractivity (Wildman–Crippen MR) is 59.0 cm³/mol. The number of alkyl halides is 1. The lowest BCUT2D eigenvalue weighted by Gasteiger charge is -2.22. The van der Waals surface area contributed by atoms with Crippen molar-refractivity contribution >= 4 is 11.6 Å². The van der Waals surface area contributed by atoms with Crippen LogP contribution in [-0.4, -0.2) is 0 Å². The maximum Gasteiger partial charge on any atom is 0.130 e. The fourth-order valence-corrected chi connectivity index (χ4v) is 1.81. The highest BCUT2D eigenvalue weighted by Gasteiger charge is 2.22. The van der Waals surface area contributed by atoms with Gasteiger partial charge in [-0.15, -0.1) is 11.6 Å². The van der Waals surface area contributed by atoms with Gasteiger partial charge in [0.2, 0.25) is 0 Å². The van der Waals surface area contributed by atoms with Gasteiger partial charge in [0.25, 0.3) is 0 Å². The fraction of sp³-hybridized carbons (Fsp3) is 0.500. The highest BCUT2D eigenvalue weighted by molar-refractivity contribution is 6.21. The van der Waals surface area contributed by atoms with Crippen molar-refractivity contribution in [2.45, 2.75) is 26.1 Å². The van der Waals surface area contributed by atoms with Crippen LogP contribution in [0, 0.1) is 23.5 Å². The molecule has 0 spiro atoms. The number of halogens is 3. The first-order chi connectivity index (χ1) is 6.93. The van der Waals surface area contributed by atoms with E-state index in [1.54, 1.807) is 0 Å². The molecule has 15 heavy (non-hydrogen) atoms. The molecule has 2 atom stereocenters. The predicted octanol–water partition coefficient (Wildman–Crippen LogP) is 4.54. The Bertz CT molecular complexity index is 336. The topological polar surface area (TPSA) is 0 Å². The van der Waals surface area contributed by atoms with Crippen LogP contribution in [0.5, 0.6) is 0 Å². The minimum Gasteiger partial charge on any atom is -0.207 e. The van der Waals surface area contributed by atoms with Crippen LogP contribution in [0.4, 0.5) is 8.78 Å². The molecule has 0 aliphatic carbocycles. The Hall–Kier alpha value is -0.630. The van der Waals surface area contributed by atoms with Crippen molar-refractivity contribution in [1.82, 2.24) is 0 Å². The van der Waals surface area contributed by atoms with E-state index in [9.17, 15) is 8.78 Å². The molecule has 3 heteroatoms. The third-order valence-corrected chi connectivity index (χ3v) is 3.41. The Balaban J connectivity index is 2.96. The maximum absolute atomic E-state index is 13.4. The molecule has 0 nitrogen and oxygen atoms in total. The van der Waals surface area contributed by atoms with Crippen LogP contribution in [0.25, 0.3) is 0 Å². The van der Waals surface area contributed by atoms with Crippen LogP contribution >= 0.6 is 11.6 Å². The molecular weight excluding hydrogens is 218 g/mol. The largest absolute Gasteiger partial charge is 0.207 e. The SMILES string of the molecule is CC(C)C(C)C(Cl)c1ccc(F)cc1F. The van der Waals surface area contributed by atoms with Crippen LogP contribution in [0.2, 0.25) is 0 Å². The molecular formula is C12H15ClF2. The van der Waals surface area contributed by atoms with Crippen LogP contribution in [0.3, 0.4) is 0 Å². The lowest BCUT2D eigenvalue weighted by atomic mass is 9.90. The Morgan fingerprint density at radius 2 is 1.73 bits per heavy atom. The second-order valence-corrected chi connectivity index (χ2v) is 4.64. The summed E-state index contributed by atoms with van der Waals surface area (Å²) in [7, 11) is 0. The summed E-state index contributed by atoms with van der Waals surface area (Å²) in [5, 5.41) is -0.411. The molecule has 0 heterocycles.